The molecule has 0 saturated carbocycles. The van der Waals surface area contributed by atoms with E-state index in [1.54, 1.807) is 4.90 Å². The van der Waals surface area contributed by atoms with Gasteiger partial charge in [-0.05, 0) is 39.5 Å². The number of rotatable bonds is 5. The fraction of sp³-hybridized carbons (Fsp3) is 0.769. The van der Waals surface area contributed by atoms with Crippen LogP contribution in [-0.2, 0) is 9.59 Å². The third kappa shape index (κ3) is 4.40. The molecule has 2 amide bonds. The Morgan fingerprint density at radius 1 is 1.20 bits per heavy atom. The molecule has 1 fully saturated rings. The number of carboxylic acid groups (broad SMARTS) is 2. The second-order valence-corrected chi connectivity index (χ2v) is 5.31. The van der Waals surface area contributed by atoms with Crippen LogP contribution in [0.15, 0.2) is 0 Å². The molecule has 0 aliphatic carbocycles. The van der Waals surface area contributed by atoms with Crippen LogP contribution < -0.4 is 5.32 Å². The van der Waals surface area contributed by atoms with Gasteiger partial charge in [0, 0.05) is 18.5 Å². The maximum Gasteiger partial charge on any atom is 0.326 e. The Morgan fingerprint density at radius 2 is 1.75 bits per heavy atom. The monoisotopic (exact) mass is 286 g/mol. The van der Waals surface area contributed by atoms with Crippen molar-refractivity contribution in [2.24, 2.45) is 0 Å². The molecule has 3 atom stereocenters. The van der Waals surface area contributed by atoms with E-state index in [0.717, 1.165) is 19.3 Å². The Bertz CT molecular complexity index is 375. The van der Waals surface area contributed by atoms with Crippen molar-refractivity contribution in [2.75, 3.05) is 0 Å². The van der Waals surface area contributed by atoms with Crippen molar-refractivity contribution in [3.8, 4) is 0 Å². The van der Waals surface area contributed by atoms with Gasteiger partial charge in [-0.15, -0.1) is 0 Å². The number of carboxylic acids is 2. The third-order valence-corrected chi connectivity index (χ3v) is 3.67. The van der Waals surface area contributed by atoms with Crippen molar-refractivity contribution in [3.63, 3.8) is 0 Å². The first kappa shape index (κ1) is 16.3. The number of carbonyl (C=O) groups excluding carboxylic acids is 1. The second-order valence-electron chi connectivity index (χ2n) is 5.31. The first-order valence-corrected chi connectivity index (χ1v) is 6.86. The summed E-state index contributed by atoms with van der Waals surface area (Å²) in [4.78, 5) is 35.4. The number of hydrogen-bond donors (Lipinski definition) is 3. The van der Waals surface area contributed by atoms with Gasteiger partial charge < -0.3 is 20.4 Å². The van der Waals surface area contributed by atoms with Gasteiger partial charge in [-0.3, -0.25) is 4.79 Å². The summed E-state index contributed by atoms with van der Waals surface area (Å²) >= 11 is 0. The Morgan fingerprint density at radius 3 is 2.20 bits per heavy atom. The summed E-state index contributed by atoms with van der Waals surface area (Å²) in [6.07, 6.45) is 2.43. The molecule has 0 aromatic heterocycles. The zero-order valence-corrected chi connectivity index (χ0v) is 11.8. The minimum atomic E-state index is -1.21. The molecule has 7 heteroatoms. The number of amides is 2. The highest BCUT2D eigenvalue weighted by Crippen LogP contribution is 2.22. The van der Waals surface area contributed by atoms with E-state index < -0.39 is 24.0 Å². The Kier molecular flexibility index (Phi) is 5.79. The molecule has 1 rings (SSSR count). The molecular weight excluding hydrogens is 264 g/mol. The molecule has 7 nitrogen and oxygen atoms in total. The molecule has 3 N–H and O–H groups in total. The van der Waals surface area contributed by atoms with E-state index in [2.05, 4.69) is 5.32 Å². The lowest BCUT2D eigenvalue weighted by Crippen LogP contribution is -2.55. The molecule has 0 aromatic carbocycles. The van der Waals surface area contributed by atoms with Crippen LogP contribution in [0.2, 0.25) is 0 Å². The number of piperidine rings is 1. The maximum atomic E-state index is 12.2. The van der Waals surface area contributed by atoms with Gasteiger partial charge in [0.2, 0.25) is 0 Å². The highest BCUT2D eigenvalue weighted by atomic mass is 16.4. The molecule has 0 aromatic rings. The number of nitrogens with zero attached hydrogens (tertiary/aromatic N) is 1. The van der Waals surface area contributed by atoms with E-state index in [0.29, 0.717) is 0 Å². The summed E-state index contributed by atoms with van der Waals surface area (Å²) in [7, 11) is 0. The summed E-state index contributed by atoms with van der Waals surface area (Å²) in [5.41, 5.74) is 0. The van der Waals surface area contributed by atoms with Crippen LogP contribution >= 0.6 is 0 Å². The minimum Gasteiger partial charge on any atom is -0.481 e. The Balaban J connectivity index is 2.64. The average molecular weight is 286 g/mol. The van der Waals surface area contributed by atoms with Crippen molar-refractivity contribution in [1.82, 2.24) is 10.2 Å². The number of carbonyl (C=O) groups is 3. The van der Waals surface area contributed by atoms with Crippen molar-refractivity contribution < 1.29 is 24.6 Å². The Labute approximate surface area is 117 Å². The molecule has 114 valence electrons. The normalized spacial score (nSPS) is 24.0. The summed E-state index contributed by atoms with van der Waals surface area (Å²) in [5.74, 6) is -2.29. The number of hydrogen-bond acceptors (Lipinski definition) is 3. The zero-order chi connectivity index (χ0) is 15.3. The van der Waals surface area contributed by atoms with Gasteiger partial charge in [0.25, 0.3) is 0 Å². The summed E-state index contributed by atoms with van der Waals surface area (Å²) in [6.45, 7) is 3.87. The quantitative estimate of drug-likeness (QED) is 0.705. The summed E-state index contributed by atoms with van der Waals surface area (Å²) in [5, 5.41) is 20.1. The van der Waals surface area contributed by atoms with Gasteiger partial charge in [-0.25, -0.2) is 9.59 Å². The molecule has 1 heterocycles. The molecule has 3 unspecified atom stereocenters. The van der Waals surface area contributed by atoms with Crippen LogP contribution in [0.3, 0.4) is 0 Å². The first-order valence-electron chi connectivity index (χ1n) is 6.86. The first-order chi connectivity index (χ1) is 9.32. The molecule has 0 radical (unpaired) electrons. The van der Waals surface area contributed by atoms with E-state index in [1.807, 2.05) is 13.8 Å². The molecular formula is C13H22N2O5. The van der Waals surface area contributed by atoms with Crippen LogP contribution in [0, 0.1) is 0 Å². The van der Waals surface area contributed by atoms with Crippen LogP contribution in [0.25, 0.3) is 0 Å². The van der Waals surface area contributed by atoms with Crippen LogP contribution in [0.1, 0.15) is 46.0 Å². The van der Waals surface area contributed by atoms with Gasteiger partial charge in [0.1, 0.15) is 6.04 Å². The van der Waals surface area contributed by atoms with E-state index in [4.69, 9.17) is 10.2 Å². The maximum absolute atomic E-state index is 12.2. The van der Waals surface area contributed by atoms with E-state index >= 15 is 0 Å². The predicted molar refractivity (Wildman–Crippen MR) is 71.4 cm³/mol. The summed E-state index contributed by atoms with van der Waals surface area (Å²) < 4.78 is 0. The van der Waals surface area contributed by atoms with Crippen LogP contribution in [0.4, 0.5) is 4.79 Å². The third-order valence-electron chi connectivity index (χ3n) is 3.67. The lowest BCUT2D eigenvalue weighted by atomic mass is 9.98. The molecule has 0 spiro atoms. The fourth-order valence-corrected chi connectivity index (χ4v) is 2.57. The number of nitrogens with one attached hydrogen (secondary N) is 1. The lowest BCUT2D eigenvalue weighted by Gasteiger charge is -2.39. The number of likely N-dealkylation sites (tertiary alicyclic amines) is 1. The molecule has 1 aliphatic rings. The second kappa shape index (κ2) is 7.12. The lowest BCUT2D eigenvalue weighted by molar-refractivity contribution is -0.140. The van der Waals surface area contributed by atoms with Gasteiger partial charge in [-0.1, -0.05) is 0 Å². The highest BCUT2D eigenvalue weighted by molar-refractivity contribution is 5.83. The van der Waals surface area contributed by atoms with Gasteiger partial charge in [0.05, 0.1) is 0 Å². The molecule has 1 saturated heterocycles. The van der Waals surface area contributed by atoms with Crippen molar-refractivity contribution in [1.29, 1.82) is 0 Å². The molecule has 20 heavy (non-hydrogen) atoms. The largest absolute Gasteiger partial charge is 0.481 e. The van der Waals surface area contributed by atoms with Gasteiger partial charge in [0.15, 0.2) is 0 Å². The minimum absolute atomic E-state index is 0.0627. The van der Waals surface area contributed by atoms with Crippen LogP contribution in [0.5, 0.6) is 0 Å². The highest BCUT2D eigenvalue weighted by Gasteiger charge is 2.31. The van der Waals surface area contributed by atoms with E-state index in [-0.39, 0.29) is 24.9 Å². The van der Waals surface area contributed by atoms with E-state index in [9.17, 15) is 14.4 Å². The smallest absolute Gasteiger partial charge is 0.326 e. The van der Waals surface area contributed by atoms with Crippen molar-refractivity contribution in [3.05, 3.63) is 0 Å². The topological polar surface area (TPSA) is 107 Å². The number of aliphatic carboxylic acids is 2. The average Bonchev–Trinajstić information content (AvgIpc) is 2.33. The summed E-state index contributed by atoms with van der Waals surface area (Å²) in [6, 6.07) is -1.47. The number of urea groups is 1. The molecule has 0 bridgehead atoms. The van der Waals surface area contributed by atoms with E-state index in [1.165, 1.54) is 0 Å². The standard InChI is InChI=1S/C13H22N2O5/c1-8-4-3-5-9(2)15(8)13(20)14-10(12(18)19)6-7-11(16)17/h8-10H,3-7H2,1-2H3,(H,14,20)(H,16,17)(H,18,19). The Hall–Kier alpha value is -1.79. The zero-order valence-electron chi connectivity index (χ0n) is 11.8. The SMILES string of the molecule is CC1CCCC(C)N1C(=O)NC(CCC(=O)O)C(=O)O. The van der Waals surface area contributed by atoms with Crippen molar-refractivity contribution in [2.45, 2.75) is 64.1 Å². The van der Waals surface area contributed by atoms with Gasteiger partial charge in [-0.2, -0.15) is 0 Å². The molecule has 1 aliphatic heterocycles. The van der Waals surface area contributed by atoms with Crippen molar-refractivity contribution >= 4 is 18.0 Å². The van der Waals surface area contributed by atoms with Gasteiger partial charge >= 0.3 is 18.0 Å². The van der Waals surface area contributed by atoms with Crippen LogP contribution in [-0.4, -0.2) is 51.2 Å². The fourth-order valence-electron chi connectivity index (χ4n) is 2.57. The predicted octanol–water partition coefficient (Wildman–Crippen LogP) is 1.28.